The molecule has 1 aliphatic heterocycles. The van der Waals surface area contributed by atoms with Gasteiger partial charge in [0.05, 0.1) is 31.5 Å². The highest BCUT2D eigenvalue weighted by molar-refractivity contribution is 6.00. The van der Waals surface area contributed by atoms with Crippen molar-refractivity contribution in [2.45, 2.75) is 18.9 Å². The van der Waals surface area contributed by atoms with E-state index in [1.54, 1.807) is 25.1 Å². The van der Waals surface area contributed by atoms with Crippen LogP contribution < -0.4 is 14.8 Å². The number of methoxy groups -OCH3 is 2. The summed E-state index contributed by atoms with van der Waals surface area (Å²) in [5.41, 5.74) is 3.90. The molecule has 1 saturated heterocycles. The first-order valence-electron chi connectivity index (χ1n) is 12.6. The first-order valence-corrected chi connectivity index (χ1v) is 12.6. The fourth-order valence-corrected chi connectivity index (χ4v) is 4.91. The number of likely N-dealkylation sites (tertiary alicyclic amines) is 1. The first kappa shape index (κ1) is 24.6. The van der Waals surface area contributed by atoms with Crippen molar-refractivity contribution in [1.82, 2.24) is 20.0 Å². The highest BCUT2D eigenvalue weighted by Gasteiger charge is 2.26. The van der Waals surface area contributed by atoms with E-state index in [2.05, 4.69) is 22.3 Å². The highest BCUT2D eigenvalue weighted by atomic mass is 16.5. The molecule has 1 amide bonds. The topological polar surface area (TPSA) is 68.6 Å². The minimum atomic E-state index is -0.166. The molecule has 1 N–H and O–H groups in total. The predicted octanol–water partition coefficient (Wildman–Crippen LogP) is 5.12. The normalized spacial score (nSPS) is 14.3. The van der Waals surface area contributed by atoms with E-state index in [-0.39, 0.29) is 11.9 Å². The number of aromatic nitrogens is 2. The van der Waals surface area contributed by atoms with Gasteiger partial charge in [-0.3, -0.25) is 9.69 Å². The van der Waals surface area contributed by atoms with E-state index >= 15 is 0 Å². The van der Waals surface area contributed by atoms with E-state index in [9.17, 15) is 4.79 Å². The maximum atomic E-state index is 13.7. The number of hydrogen-bond acceptors (Lipinski definition) is 5. The minimum absolute atomic E-state index is 0.0798. The number of hydrogen-bond donors (Lipinski definition) is 1. The zero-order valence-electron chi connectivity index (χ0n) is 21.3. The van der Waals surface area contributed by atoms with Gasteiger partial charge in [0.25, 0.3) is 5.91 Å². The van der Waals surface area contributed by atoms with Crippen molar-refractivity contribution in [3.05, 3.63) is 96.2 Å². The molecule has 0 radical (unpaired) electrons. The lowest BCUT2D eigenvalue weighted by molar-refractivity contribution is 0.0938. The van der Waals surface area contributed by atoms with Gasteiger partial charge in [-0.2, -0.15) is 5.10 Å². The number of nitrogens with zero attached hydrogens (tertiary/aromatic N) is 3. The second-order valence-corrected chi connectivity index (χ2v) is 9.11. The van der Waals surface area contributed by atoms with Crippen LogP contribution in [0, 0.1) is 0 Å². The number of amides is 1. The number of ether oxygens (including phenoxy) is 2. The molecule has 4 aromatic rings. The van der Waals surface area contributed by atoms with E-state index in [1.807, 2.05) is 66.7 Å². The molecule has 1 aromatic heterocycles. The smallest absolute Gasteiger partial charge is 0.255 e. The first-order chi connectivity index (χ1) is 18.2. The van der Waals surface area contributed by atoms with Gasteiger partial charge in [-0.05, 0) is 67.9 Å². The van der Waals surface area contributed by atoms with Crippen LogP contribution >= 0.6 is 0 Å². The lowest BCUT2D eigenvalue weighted by Crippen LogP contribution is -2.36. The standard InChI is InChI=1S/C30H32N4O3/c1-36-24-16-14-22(15-17-24)27(33-18-8-9-19-33)20-31-30(35)26-21-34(23-10-4-3-5-11-23)32-29(26)25-12-6-7-13-28(25)37-2/h3-7,10-17,21,27H,8-9,18-20H2,1-2H3,(H,31,35)/t27-/m0/s1. The quantitative estimate of drug-likeness (QED) is 0.348. The zero-order chi connectivity index (χ0) is 25.6. The van der Waals surface area contributed by atoms with Crippen LogP contribution in [0.2, 0.25) is 0 Å². The van der Waals surface area contributed by atoms with Crippen molar-refractivity contribution in [3.8, 4) is 28.4 Å². The Bertz CT molecular complexity index is 1330. The summed E-state index contributed by atoms with van der Waals surface area (Å²) in [5, 5.41) is 8.02. The maximum Gasteiger partial charge on any atom is 0.255 e. The summed E-state index contributed by atoms with van der Waals surface area (Å²) in [4.78, 5) is 16.1. The van der Waals surface area contributed by atoms with Crippen LogP contribution in [-0.2, 0) is 0 Å². The van der Waals surface area contributed by atoms with Gasteiger partial charge in [0.2, 0.25) is 0 Å². The average Bonchev–Trinajstić information content (AvgIpc) is 3.65. The number of carbonyl (C=O) groups is 1. The van der Waals surface area contributed by atoms with E-state index in [0.717, 1.165) is 35.7 Å². The van der Waals surface area contributed by atoms with E-state index in [4.69, 9.17) is 14.6 Å². The van der Waals surface area contributed by atoms with Crippen LogP contribution in [0.3, 0.4) is 0 Å². The second kappa shape index (κ2) is 11.3. The lowest BCUT2D eigenvalue weighted by atomic mass is 10.0. The fourth-order valence-electron chi connectivity index (χ4n) is 4.91. The number of benzene rings is 3. The van der Waals surface area contributed by atoms with E-state index in [1.165, 1.54) is 12.8 Å². The molecule has 0 spiro atoms. The summed E-state index contributed by atoms with van der Waals surface area (Å²) in [6.45, 7) is 2.53. The molecular weight excluding hydrogens is 464 g/mol. The minimum Gasteiger partial charge on any atom is -0.497 e. The number of para-hydroxylation sites is 2. The molecule has 7 heteroatoms. The molecule has 7 nitrogen and oxygen atoms in total. The molecule has 5 rings (SSSR count). The summed E-state index contributed by atoms with van der Waals surface area (Å²) >= 11 is 0. The van der Waals surface area contributed by atoms with Crippen LogP contribution in [0.1, 0.15) is 34.8 Å². The summed E-state index contributed by atoms with van der Waals surface area (Å²) < 4.78 is 12.7. The Balaban J connectivity index is 1.45. The number of rotatable bonds is 9. The van der Waals surface area contributed by atoms with Gasteiger partial charge in [-0.25, -0.2) is 4.68 Å². The van der Waals surface area contributed by atoms with Crippen molar-refractivity contribution in [3.63, 3.8) is 0 Å². The molecule has 3 aromatic carbocycles. The van der Waals surface area contributed by atoms with Crippen LogP contribution in [0.4, 0.5) is 0 Å². The molecular formula is C30H32N4O3. The van der Waals surface area contributed by atoms with Crippen LogP contribution in [0.25, 0.3) is 16.9 Å². The van der Waals surface area contributed by atoms with Crippen molar-refractivity contribution < 1.29 is 14.3 Å². The Morgan fingerprint density at radius 3 is 2.32 bits per heavy atom. The third kappa shape index (κ3) is 5.37. The summed E-state index contributed by atoms with van der Waals surface area (Å²) in [6.07, 6.45) is 4.13. The summed E-state index contributed by atoms with van der Waals surface area (Å²) in [7, 11) is 3.30. The summed E-state index contributed by atoms with van der Waals surface area (Å²) in [5.74, 6) is 1.33. The monoisotopic (exact) mass is 496 g/mol. The Morgan fingerprint density at radius 2 is 1.62 bits per heavy atom. The van der Waals surface area contributed by atoms with Crippen molar-refractivity contribution in [1.29, 1.82) is 0 Å². The average molecular weight is 497 g/mol. The molecule has 1 aliphatic rings. The van der Waals surface area contributed by atoms with Crippen molar-refractivity contribution >= 4 is 5.91 Å². The Hall–Kier alpha value is -4.10. The Labute approximate surface area is 217 Å². The van der Waals surface area contributed by atoms with E-state index in [0.29, 0.717) is 23.6 Å². The molecule has 0 aliphatic carbocycles. The second-order valence-electron chi connectivity index (χ2n) is 9.11. The van der Waals surface area contributed by atoms with Crippen LogP contribution in [0.15, 0.2) is 85.1 Å². The Morgan fingerprint density at radius 1 is 0.919 bits per heavy atom. The maximum absolute atomic E-state index is 13.7. The van der Waals surface area contributed by atoms with Gasteiger partial charge < -0.3 is 14.8 Å². The largest absolute Gasteiger partial charge is 0.497 e. The molecule has 0 saturated carbocycles. The fraction of sp³-hybridized carbons (Fsp3) is 0.267. The highest BCUT2D eigenvalue weighted by Crippen LogP contribution is 2.32. The van der Waals surface area contributed by atoms with Crippen molar-refractivity contribution in [2.75, 3.05) is 33.9 Å². The molecule has 2 heterocycles. The summed E-state index contributed by atoms with van der Waals surface area (Å²) in [6, 6.07) is 25.6. The van der Waals surface area contributed by atoms with Gasteiger partial charge >= 0.3 is 0 Å². The van der Waals surface area contributed by atoms with Gasteiger partial charge in [-0.15, -0.1) is 0 Å². The van der Waals surface area contributed by atoms with Crippen LogP contribution in [-0.4, -0.2) is 54.4 Å². The van der Waals surface area contributed by atoms with Crippen LogP contribution in [0.5, 0.6) is 11.5 Å². The molecule has 1 atom stereocenters. The molecule has 37 heavy (non-hydrogen) atoms. The molecule has 190 valence electrons. The molecule has 0 bridgehead atoms. The number of carbonyl (C=O) groups excluding carboxylic acids is 1. The van der Waals surface area contributed by atoms with E-state index < -0.39 is 0 Å². The van der Waals surface area contributed by atoms with Gasteiger partial charge in [0.1, 0.15) is 17.2 Å². The third-order valence-electron chi connectivity index (χ3n) is 6.88. The number of nitrogens with one attached hydrogen (secondary N) is 1. The van der Waals surface area contributed by atoms with Gasteiger partial charge in [0.15, 0.2) is 0 Å². The van der Waals surface area contributed by atoms with Crippen molar-refractivity contribution in [2.24, 2.45) is 0 Å². The lowest BCUT2D eigenvalue weighted by Gasteiger charge is -2.28. The predicted molar refractivity (Wildman–Crippen MR) is 144 cm³/mol. The third-order valence-corrected chi connectivity index (χ3v) is 6.88. The van der Waals surface area contributed by atoms with Gasteiger partial charge in [0, 0.05) is 18.3 Å². The molecule has 0 unspecified atom stereocenters. The SMILES string of the molecule is COc1ccc([C@H](CNC(=O)c2cn(-c3ccccc3)nc2-c2ccccc2OC)N2CCCC2)cc1. The molecule has 1 fully saturated rings. The van der Waals surface area contributed by atoms with Gasteiger partial charge in [-0.1, -0.05) is 42.5 Å². The zero-order valence-corrected chi connectivity index (χ0v) is 21.3. The Kier molecular flexibility index (Phi) is 7.51.